The van der Waals surface area contributed by atoms with E-state index >= 15 is 0 Å². The van der Waals surface area contributed by atoms with Crippen molar-refractivity contribution in [1.29, 1.82) is 0 Å². The van der Waals surface area contributed by atoms with Gasteiger partial charge in [0, 0.05) is 17.1 Å². The van der Waals surface area contributed by atoms with Gasteiger partial charge in [0.15, 0.2) is 0 Å². The highest BCUT2D eigenvalue weighted by molar-refractivity contribution is 6.09. The van der Waals surface area contributed by atoms with Gasteiger partial charge in [-0.3, -0.25) is 0 Å². The largest absolute Gasteiger partial charge is 0.310 e. The summed E-state index contributed by atoms with van der Waals surface area (Å²) < 4.78 is 0. The monoisotopic (exact) mass is 597 g/mol. The minimum Gasteiger partial charge on any atom is -0.310 e. The molecular weight excluding hydrogens is 567 g/mol. The normalized spacial score (nSPS) is 11.4. The molecule has 0 saturated carbocycles. The Labute approximate surface area is 274 Å². The second-order valence-electron chi connectivity index (χ2n) is 12.2. The summed E-state index contributed by atoms with van der Waals surface area (Å²) in [5.41, 5.74) is 8.22. The lowest BCUT2D eigenvalue weighted by Gasteiger charge is -2.26. The summed E-state index contributed by atoms with van der Waals surface area (Å²) in [6, 6.07) is 68.3. The van der Waals surface area contributed by atoms with Crippen LogP contribution in [0.5, 0.6) is 0 Å². The van der Waals surface area contributed by atoms with E-state index in [-0.39, 0.29) is 0 Å². The van der Waals surface area contributed by atoms with Gasteiger partial charge in [0.05, 0.1) is 0 Å². The third-order valence-corrected chi connectivity index (χ3v) is 9.42. The van der Waals surface area contributed by atoms with Crippen molar-refractivity contribution in [1.82, 2.24) is 0 Å². The molecule has 0 amide bonds. The molecule has 9 aromatic carbocycles. The summed E-state index contributed by atoms with van der Waals surface area (Å²) >= 11 is 0. The minimum absolute atomic E-state index is 1.12. The molecule has 0 unspecified atom stereocenters. The van der Waals surface area contributed by atoms with E-state index in [1.807, 2.05) is 0 Å². The van der Waals surface area contributed by atoms with Crippen molar-refractivity contribution in [3.63, 3.8) is 0 Å². The Kier molecular flexibility index (Phi) is 6.54. The van der Waals surface area contributed by atoms with Crippen LogP contribution in [0.15, 0.2) is 188 Å². The molecule has 0 N–H and O–H groups in total. The zero-order chi connectivity index (χ0) is 31.2. The van der Waals surface area contributed by atoms with Crippen LogP contribution in [0, 0.1) is 0 Å². The molecule has 0 atom stereocenters. The number of hydrogen-bond acceptors (Lipinski definition) is 1. The predicted octanol–water partition coefficient (Wildman–Crippen LogP) is 13.1. The van der Waals surface area contributed by atoms with Gasteiger partial charge in [-0.05, 0) is 108 Å². The first-order chi connectivity index (χ1) is 23.3. The molecule has 9 rings (SSSR count). The smallest absolute Gasteiger partial charge is 0.0468 e. The highest BCUT2D eigenvalue weighted by Gasteiger charge is 2.15. The fourth-order valence-electron chi connectivity index (χ4n) is 7.02. The third kappa shape index (κ3) is 4.90. The summed E-state index contributed by atoms with van der Waals surface area (Å²) in [5, 5.41) is 10.2. The predicted molar refractivity (Wildman–Crippen MR) is 202 cm³/mol. The van der Waals surface area contributed by atoms with Crippen molar-refractivity contribution in [2.75, 3.05) is 4.90 Å². The van der Waals surface area contributed by atoms with E-state index in [1.54, 1.807) is 0 Å². The molecule has 0 bridgehead atoms. The standard InChI is InChI=1S/C46H31N/c1-2-8-32(9-3-1)33-18-23-40(24-19-33)47(42-27-29-46-39(31-42)17-15-36-11-5-7-13-44(36)46)41-25-20-34(21-26-41)37-22-28-45-38(30-37)16-14-35-10-4-6-12-43(35)45/h1-31H. The quantitative estimate of drug-likeness (QED) is 0.178. The average Bonchev–Trinajstić information content (AvgIpc) is 3.15. The summed E-state index contributed by atoms with van der Waals surface area (Å²) in [5.74, 6) is 0. The van der Waals surface area contributed by atoms with Crippen molar-refractivity contribution in [2.45, 2.75) is 0 Å². The van der Waals surface area contributed by atoms with Crippen LogP contribution in [-0.2, 0) is 0 Å². The molecule has 0 aliphatic carbocycles. The van der Waals surface area contributed by atoms with E-state index < -0.39 is 0 Å². The second-order valence-corrected chi connectivity index (χ2v) is 12.2. The van der Waals surface area contributed by atoms with E-state index in [0.29, 0.717) is 0 Å². The van der Waals surface area contributed by atoms with Crippen LogP contribution in [0.25, 0.3) is 65.3 Å². The van der Waals surface area contributed by atoms with E-state index in [2.05, 4.69) is 193 Å². The zero-order valence-corrected chi connectivity index (χ0v) is 25.8. The Bertz CT molecular complexity index is 2550. The zero-order valence-electron chi connectivity index (χ0n) is 25.8. The number of fused-ring (bicyclic) bond motifs is 6. The van der Waals surface area contributed by atoms with Gasteiger partial charge in [-0.1, -0.05) is 146 Å². The SMILES string of the molecule is c1ccc(-c2ccc(N(c3ccc(-c4ccc5c(ccc6ccccc65)c4)cc3)c3ccc4c(ccc5ccccc54)c3)cc2)cc1. The van der Waals surface area contributed by atoms with Crippen LogP contribution < -0.4 is 4.90 Å². The first kappa shape index (κ1) is 27.2. The van der Waals surface area contributed by atoms with Crippen LogP contribution in [0.2, 0.25) is 0 Å². The second kappa shape index (κ2) is 11.3. The van der Waals surface area contributed by atoms with Crippen molar-refractivity contribution in [2.24, 2.45) is 0 Å². The highest BCUT2D eigenvalue weighted by atomic mass is 15.1. The summed E-state index contributed by atoms with van der Waals surface area (Å²) in [6.07, 6.45) is 0. The molecule has 0 aliphatic heterocycles. The Morgan fingerprint density at radius 2 is 0.638 bits per heavy atom. The summed E-state index contributed by atoms with van der Waals surface area (Å²) in [4.78, 5) is 2.36. The number of nitrogens with zero attached hydrogens (tertiary/aromatic N) is 1. The van der Waals surface area contributed by atoms with Gasteiger partial charge in [0.25, 0.3) is 0 Å². The van der Waals surface area contributed by atoms with Gasteiger partial charge in [-0.2, -0.15) is 0 Å². The van der Waals surface area contributed by atoms with E-state index in [9.17, 15) is 0 Å². The average molecular weight is 598 g/mol. The molecular formula is C46H31N. The van der Waals surface area contributed by atoms with Crippen molar-refractivity contribution in [3.05, 3.63) is 188 Å². The van der Waals surface area contributed by atoms with Gasteiger partial charge in [0.2, 0.25) is 0 Å². The van der Waals surface area contributed by atoms with Crippen LogP contribution >= 0.6 is 0 Å². The van der Waals surface area contributed by atoms with E-state index in [4.69, 9.17) is 0 Å². The molecule has 220 valence electrons. The minimum atomic E-state index is 1.12. The summed E-state index contributed by atoms with van der Waals surface area (Å²) in [6.45, 7) is 0. The van der Waals surface area contributed by atoms with Crippen molar-refractivity contribution < 1.29 is 0 Å². The van der Waals surface area contributed by atoms with Gasteiger partial charge in [-0.25, -0.2) is 0 Å². The van der Waals surface area contributed by atoms with Crippen LogP contribution in [0.1, 0.15) is 0 Å². The molecule has 0 fully saturated rings. The fraction of sp³-hybridized carbons (Fsp3) is 0. The first-order valence-electron chi connectivity index (χ1n) is 16.2. The van der Waals surface area contributed by atoms with Gasteiger partial charge in [0.1, 0.15) is 0 Å². The fourth-order valence-corrected chi connectivity index (χ4v) is 7.02. The number of rotatable bonds is 5. The van der Waals surface area contributed by atoms with Crippen LogP contribution in [-0.4, -0.2) is 0 Å². The van der Waals surface area contributed by atoms with Gasteiger partial charge < -0.3 is 4.90 Å². The highest BCUT2D eigenvalue weighted by Crippen LogP contribution is 2.39. The molecule has 0 radical (unpaired) electrons. The molecule has 47 heavy (non-hydrogen) atoms. The lowest BCUT2D eigenvalue weighted by Crippen LogP contribution is -2.09. The lowest BCUT2D eigenvalue weighted by molar-refractivity contribution is 1.29. The number of anilines is 3. The van der Waals surface area contributed by atoms with Crippen LogP contribution in [0.4, 0.5) is 17.1 Å². The lowest BCUT2D eigenvalue weighted by atomic mass is 9.97. The maximum atomic E-state index is 2.36. The van der Waals surface area contributed by atoms with Crippen molar-refractivity contribution in [3.8, 4) is 22.3 Å². The molecule has 1 heteroatoms. The molecule has 9 aromatic rings. The van der Waals surface area contributed by atoms with Gasteiger partial charge >= 0.3 is 0 Å². The maximum absolute atomic E-state index is 2.36. The number of hydrogen-bond donors (Lipinski definition) is 0. The molecule has 0 spiro atoms. The maximum Gasteiger partial charge on any atom is 0.0468 e. The molecule has 0 aliphatic rings. The topological polar surface area (TPSA) is 3.24 Å². The molecule has 1 nitrogen and oxygen atoms in total. The van der Waals surface area contributed by atoms with E-state index in [1.165, 1.54) is 65.3 Å². The Hall–Kier alpha value is -6.18. The summed E-state index contributed by atoms with van der Waals surface area (Å²) in [7, 11) is 0. The number of benzene rings is 9. The Morgan fingerprint density at radius 1 is 0.234 bits per heavy atom. The van der Waals surface area contributed by atoms with Gasteiger partial charge in [-0.15, -0.1) is 0 Å². The van der Waals surface area contributed by atoms with E-state index in [0.717, 1.165) is 17.1 Å². The Balaban J connectivity index is 1.13. The third-order valence-electron chi connectivity index (χ3n) is 9.42. The Morgan fingerprint density at radius 3 is 1.26 bits per heavy atom. The molecule has 0 saturated heterocycles. The molecule has 0 heterocycles. The van der Waals surface area contributed by atoms with Crippen molar-refractivity contribution >= 4 is 60.2 Å². The first-order valence-corrected chi connectivity index (χ1v) is 16.2. The molecule has 0 aromatic heterocycles. The van der Waals surface area contributed by atoms with Crippen LogP contribution in [0.3, 0.4) is 0 Å².